The van der Waals surface area contributed by atoms with Gasteiger partial charge in [-0.05, 0) is 45.4 Å². The van der Waals surface area contributed by atoms with Crippen molar-refractivity contribution in [3.8, 4) is 0 Å². The third-order valence-corrected chi connectivity index (χ3v) is 4.26. The molecule has 3 heteroatoms. The molecule has 2 N–H and O–H groups in total. The van der Waals surface area contributed by atoms with Gasteiger partial charge in [0.25, 0.3) is 0 Å². The lowest BCUT2D eigenvalue weighted by atomic mass is 9.94. The first kappa shape index (κ1) is 14.3. The van der Waals surface area contributed by atoms with Crippen LogP contribution in [0.1, 0.15) is 53.4 Å². The van der Waals surface area contributed by atoms with Gasteiger partial charge in [0.05, 0.1) is 5.60 Å². The second-order valence-corrected chi connectivity index (χ2v) is 7.19. The normalized spacial score (nSPS) is 33.0. The Hall–Kier alpha value is -0.120. The van der Waals surface area contributed by atoms with Gasteiger partial charge in [-0.1, -0.05) is 13.8 Å². The van der Waals surface area contributed by atoms with Gasteiger partial charge >= 0.3 is 0 Å². The number of hydrogen-bond acceptors (Lipinski definition) is 3. The summed E-state index contributed by atoms with van der Waals surface area (Å²) in [6, 6.07) is 2.15. The van der Waals surface area contributed by atoms with Crippen LogP contribution in [0, 0.1) is 5.92 Å². The SMILES string of the molecule is CC(C)CC(C)(O)CNC1CC(C)N(C2CC2)C1. The molecule has 18 heavy (non-hydrogen) atoms. The second kappa shape index (κ2) is 5.48. The summed E-state index contributed by atoms with van der Waals surface area (Å²) < 4.78 is 0. The number of hydrogen-bond donors (Lipinski definition) is 2. The molecule has 1 saturated carbocycles. The number of likely N-dealkylation sites (tertiary alicyclic amines) is 1. The van der Waals surface area contributed by atoms with E-state index in [2.05, 4.69) is 31.0 Å². The number of nitrogens with zero attached hydrogens (tertiary/aromatic N) is 1. The van der Waals surface area contributed by atoms with Crippen LogP contribution in [-0.4, -0.2) is 46.8 Å². The van der Waals surface area contributed by atoms with Crippen molar-refractivity contribution in [2.45, 2.75) is 77.1 Å². The Morgan fingerprint density at radius 2 is 2.06 bits per heavy atom. The van der Waals surface area contributed by atoms with Gasteiger partial charge in [-0.25, -0.2) is 0 Å². The highest BCUT2D eigenvalue weighted by molar-refractivity contribution is 4.96. The first-order valence-corrected chi connectivity index (χ1v) is 7.59. The van der Waals surface area contributed by atoms with Crippen molar-refractivity contribution >= 4 is 0 Å². The number of rotatable bonds is 6. The highest BCUT2D eigenvalue weighted by atomic mass is 16.3. The molecule has 1 aliphatic heterocycles. The molecule has 2 rings (SSSR count). The molecule has 106 valence electrons. The fourth-order valence-electron chi connectivity index (χ4n) is 3.44. The highest BCUT2D eigenvalue weighted by Gasteiger charge is 2.39. The summed E-state index contributed by atoms with van der Waals surface area (Å²) in [4.78, 5) is 2.65. The van der Waals surface area contributed by atoms with Gasteiger partial charge in [-0.2, -0.15) is 0 Å². The maximum Gasteiger partial charge on any atom is 0.0746 e. The number of nitrogens with one attached hydrogen (secondary N) is 1. The fourth-order valence-corrected chi connectivity index (χ4v) is 3.44. The van der Waals surface area contributed by atoms with Crippen LogP contribution < -0.4 is 5.32 Å². The third-order valence-electron chi connectivity index (χ3n) is 4.26. The monoisotopic (exact) mass is 254 g/mol. The van der Waals surface area contributed by atoms with Crippen LogP contribution in [0.2, 0.25) is 0 Å². The van der Waals surface area contributed by atoms with E-state index in [4.69, 9.17) is 0 Å². The molecule has 0 aromatic heterocycles. The minimum absolute atomic E-state index is 0.548. The summed E-state index contributed by atoms with van der Waals surface area (Å²) >= 11 is 0. The van der Waals surface area contributed by atoms with E-state index in [1.54, 1.807) is 0 Å². The van der Waals surface area contributed by atoms with Gasteiger partial charge in [0.1, 0.15) is 0 Å². The van der Waals surface area contributed by atoms with Gasteiger partial charge in [0, 0.05) is 31.2 Å². The zero-order valence-corrected chi connectivity index (χ0v) is 12.4. The Morgan fingerprint density at radius 3 is 2.61 bits per heavy atom. The topological polar surface area (TPSA) is 35.5 Å². The largest absolute Gasteiger partial charge is 0.389 e. The first-order valence-electron chi connectivity index (χ1n) is 7.59. The Balaban J connectivity index is 1.74. The molecule has 0 aromatic carbocycles. The minimum Gasteiger partial charge on any atom is -0.389 e. The van der Waals surface area contributed by atoms with E-state index in [9.17, 15) is 5.11 Å². The lowest BCUT2D eigenvalue weighted by Gasteiger charge is -2.27. The molecule has 2 aliphatic rings. The molecule has 0 spiro atoms. The predicted molar refractivity (Wildman–Crippen MR) is 75.7 cm³/mol. The summed E-state index contributed by atoms with van der Waals surface area (Å²) in [6.07, 6.45) is 4.88. The summed E-state index contributed by atoms with van der Waals surface area (Å²) in [5.41, 5.74) is -0.565. The van der Waals surface area contributed by atoms with Crippen molar-refractivity contribution in [3.63, 3.8) is 0 Å². The van der Waals surface area contributed by atoms with Gasteiger partial charge in [-0.15, -0.1) is 0 Å². The summed E-state index contributed by atoms with van der Waals surface area (Å²) in [6.45, 7) is 10.5. The maximum absolute atomic E-state index is 10.3. The van der Waals surface area contributed by atoms with Crippen molar-refractivity contribution in [1.29, 1.82) is 0 Å². The Kier molecular flexibility index (Phi) is 4.35. The van der Waals surface area contributed by atoms with Gasteiger partial charge in [0.2, 0.25) is 0 Å². The summed E-state index contributed by atoms with van der Waals surface area (Å²) in [7, 11) is 0. The fraction of sp³-hybridized carbons (Fsp3) is 1.00. The van der Waals surface area contributed by atoms with Gasteiger partial charge < -0.3 is 10.4 Å². The summed E-state index contributed by atoms with van der Waals surface area (Å²) in [5.74, 6) is 0.548. The molecule has 0 aromatic rings. The molecule has 1 heterocycles. The van der Waals surface area contributed by atoms with Crippen LogP contribution in [0.5, 0.6) is 0 Å². The van der Waals surface area contributed by atoms with Gasteiger partial charge in [0.15, 0.2) is 0 Å². The Morgan fingerprint density at radius 1 is 1.39 bits per heavy atom. The third kappa shape index (κ3) is 3.94. The highest BCUT2D eigenvalue weighted by Crippen LogP contribution is 2.33. The van der Waals surface area contributed by atoms with Crippen LogP contribution in [0.25, 0.3) is 0 Å². The lowest BCUT2D eigenvalue weighted by Crippen LogP contribution is -2.44. The molecule has 3 nitrogen and oxygen atoms in total. The molecule has 1 aliphatic carbocycles. The van der Waals surface area contributed by atoms with E-state index >= 15 is 0 Å². The Labute approximate surface area is 112 Å². The molecule has 1 saturated heterocycles. The van der Waals surface area contributed by atoms with Crippen molar-refractivity contribution in [2.24, 2.45) is 5.92 Å². The molecule has 0 amide bonds. The van der Waals surface area contributed by atoms with E-state index in [0.29, 0.717) is 18.0 Å². The lowest BCUT2D eigenvalue weighted by molar-refractivity contribution is 0.0361. The smallest absolute Gasteiger partial charge is 0.0746 e. The predicted octanol–water partition coefficient (Wildman–Crippen LogP) is 2.00. The van der Waals surface area contributed by atoms with Crippen molar-refractivity contribution in [3.05, 3.63) is 0 Å². The molecular formula is C15H30N2O. The zero-order valence-electron chi connectivity index (χ0n) is 12.4. The standard InChI is InChI=1S/C15H30N2O/c1-11(2)8-15(4,18)10-16-13-7-12(3)17(9-13)14-5-6-14/h11-14,16,18H,5-10H2,1-4H3. The summed E-state index contributed by atoms with van der Waals surface area (Å²) in [5, 5.41) is 13.9. The van der Waals surface area contributed by atoms with Crippen LogP contribution in [0.3, 0.4) is 0 Å². The molecule has 3 unspecified atom stereocenters. The molecule has 0 bridgehead atoms. The van der Waals surface area contributed by atoms with E-state index in [-0.39, 0.29) is 0 Å². The maximum atomic E-state index is 10.3. The van der Waals surface area contributed by atoms with Crippen LogP contribution >= 0.6 is 0 Å². The second-order valence-electron chi connectivity index (χ2n) is 7.19. The van der Waals surface area contributed by atoms with E-state index < -0.39 is 5.60 Å². The zero-order chi connectivity index (χ0) is 13.3. The van der Waals surface area contributed by atoms with Crippen LogP contribution in [0.15, 0.2) is 0 Å². The Bertz CT molecular complexity index is 274. The minimum atomic E-state index is -0.565. The first-order chi connectivity index (χ1) is 8.37. The molecule has 0 radical (unpaired) electrons. The quantitative estimate of drug-likeness (QED) is 0.761. The van der Waals surface area contributed by atoms with Crippen LogP contribution in [-0.2, 0) is 0 Å². The van der Waals surface area contributed by atoms with Crippen molar-refractivity contribution in [1.82, 2.24) is 10.2 Å². The molecular weight excluding hydrogens is 224 g/mol. The van der Waals surface area contributed by atoms with E-state index in [0.717, 1.165) is 19.0 Å². The van der Waals surface area contributed by atoms with E-state index in [1.807, 2.05) is 6.92 Å². The molecule has 2 fully saturated rings. The number of aliphatic hydroxyl groups is 1. The van der Waals surface area contributed by atoms with Crippen molar-refractivity contribution < 1.29 is 5.11 Å². The van der Waals surface area contributed by atoms with Gasteiger partial charge in [-0.3, -0.25) is 4.90 Å². The van der Waals surface area contributed by atoms with E-state index in [1.165, 1.54) is 25.8 Å². The van der Waals surface area contributed by atoms with Crippen molar-refractivity contribution in [2.75, 3.05) is 13.1 Å². The average Bonchev–Trinajstić information content (AvgIpc) is 2.99. The molecule has 3 atom stereocenters. The average molecular weight is 254 g/mol. The van der Waals surface area contributed by atoms with Crippen LogP contribution in [0.4, 0.5) is 0 Å².